The molecule has 31 heavy (non-hydrogen) atoms. The standard InChI is InChI=1S/C28H17NS2/c1-16-28-20(10-11-29-16)21-14-27-22(18-6-3-5-9-26(18)31-27)12-17(21)13-23(28)24-15-30-25-8-4-2-7-19(24)25/h2-15H,1H3. The van der Waals surface area contributed by atoms with Gasteiger partial charge in [-0.3, -0.25) is 4.98 Å². The van der Waals surface area contributed by atoms with E-state index in [4.69, 9.17) is 0 Å². The average Bonchev–Trinajstić information content (AvgIpc) is 3.38. The van der Waals surface area contributed by atoms with Gasteiger partial charge in [0.15, 0.2) is 0 Å². The highest BCUT2D eigenvalue weighted by atomic mass is 32.1. The largest absolute Gasteiger partial charge is 0.261 e. The van der Waals surface area contributed by atoms with Crippen LogP contribution in [-0.2, 0) is 0 Å². The zero-order valence-electron chi connectivity index (χ0n) is 16.8. The lowest BCUT2D eigenvalue weighted by atomic mass is 9.92. The Morgan fingerprint density at radius 1 is 0.645 bits per heavy atom. The topological polar surface area (TPSA) is 12.9 Å². The summed E-state index contributed by atoms with van der Waals surface area (Å²) in [6.45, 7) is 2.13. The van der Waals surface area contributed by atoms with Crippen LogP contribution in [0.4, 0.5) is 0 Å². The summed E-state index contributed by atoms with van der Waals surface area (Å²) >= 11 is 3.69. The summed E-state index contributed by atoms with van der Waals surface area (Å²) in [6.07, 6.45) is 1.95. The van der Waals surface area contributed by atoms with E-state index in [1.165, 1.54) is 62.9 Å². The molecule has 0 bridgehead atoms. The van der Waals surface area contributed by atoms with Crippen LogP contribution in [-0.4, -0.2) is 4.98 Å². The first-order valence-corrected chi connectivity index (χ1v) is 12.1. The van der Waals surface area contributed by atoms with Crippen molar-refractivity contribution in [2.45, 2.75) is 6.92 Å². The number of rotatable bonds is 1. The van der Waals surface area contributed by atoms with Crippen molar-refractivity contribution >= 4 is 74.5 Å². The molecule has 0 saturated heterocycles. The van der Waals surface area contributed by atoms with Crippen molar-refractivity contribution in [1.82, 2.24) is 4.98 Å². The van der Waals surface area contributed by atoms with Gasteiger partial charge < -0.3 is 0 Å². The Morgan fingerprint density at radius 2 is 1.45 bits per heavy atom. The first-order valence-electron chi connectivity index (χ1n) is 10.4. The summed E-state index contributed by atoms with van der Waals surface area (Å²) in [5.41, 5.74) is 3.67. The normalized spacial score (nSPS) is 12.0. The molecule has 4 aromatic carbocycles. The Kier molecular flexibility index (Phi) is 3.58. The zero-order valence-corrected chi connectivity index (χ0v) is 18.5. The Labute approximate surface area is 187 Å². The monoisotopic (exact) mass is 431 g/mol. The van der Waals surface area contributed by atoms with Gasteiger partial charge in [0.2, 0.25) is 0 Å². The molecule has 0 aliphatic carbocycles. The van der Waals surface area contributed by atoms with Crippen LogP contribution in [0, 0.1) is 6.92 Å². The molecule has 1 nitrogen and oxygen atoms in total. The van der Waals surface area contributed by atoms with E-state index < -0.39 is 0 Å². The molecule has 146 valence electrons. The maximum absolute atomic E-state index is 4.67. The third kappa shape index (κ3) is 2.45. The number of hydrogen-bond acceptors (Lipinski definition) is 3. The van der Waals surface area contributed by atoms with Crippen LogP contribution < -0.4 is 0 Å². The summed E-state index contributed by atoms with van der Waals surface area (Å²) in [7, 11) is 0. The summed E-state index contributed by atoms with van der Waals surface area (Å²) in [6, 6.07) is 26.7. The van der Waals surface area contributed by atoms with Gasteiger partial charge in [0.25, 0.3) is 0 Å². The second-order valence-electron chi connectivity index (χ2n) is 8.06. The van der Waals surface area contributed by atoms with Gasteiger partial charge in [-0.05, 0) is 70.4 Å². The van der Waals surface area contributed by atoms with E-state index in [2.05, 4.69) is 90.1 Å². The molecule has 3 aromatic heterocycles. The van der Waals surface area contributed by atoms with E-state index in [1.807, 2.05) is 28.9 Å². The lowest BCUT2D eigenvalue weighted by molar-refractivity contribution is 1.24. The van der Waals surface area contributed by atoms with E-state index in [0.29, 0.717) is 0 Å². The van der Waals surface area contributed by atoms with E-state index in [1.54, 1.807) is 0 Å². The zero-order chi connectivity index (χ0) is 20.5. The molecule has 7 rings (SSSR count). The number of aromatic nitrogens is 1. The molecule has 0 aliphatic heterocycles. The fourth-order valence-electron chi connectivity index (χ4n) is 4.90. The average molecular weight is 432 g/mol. The highest BCUT2D eigenvalue weighted by Gasteiger charge is 2.16. The van der Waals surface area contributed by atoms with E-state index >= 15 is 0 Å². The third-order valence-electron chi connectivity index (χ3n) is 6.32. The van der Waals surface area contributed by atoms with E-state index in [9.17, 15) is 0 Å². The predicted octanol–water partition coefficient (Wildman–Crippen LogP) is 8.95. The number of nitrogens with zero attached hydrogens (tertiary/aromatic N) is 1. The summed E-state index contributed by atoms with van der Waals surface area (Å²) in [5, 5.41) is 11.5. The van der Waals surface area contributed by atoms with Crippen molar-refractivity contribution in [2.75, 3.05) is 0 Å². The number of pyridine rings is 1. The van der Waals surface area contributed by atoms with Gasteiger partial charge in [-0.2, -0.15) is 0 Å². The van der Waals surface area contributed by atoms with Crippen molar-refractivity contribution in [3.63, 3.8) is 0 Å². The number of aryl methyl sites for hydroxylation is 1. The number of hydrogen-bond donors (Lipinski definition) is 0. The molecular weight excluding hydrogens is 414 g/mol. The molecule has 0 spiro atoms. The van der Waals surface area contributed by atoms with Gasteiger partial charge in [0.05, 0.1) is 0 Å². The van der Waals surface area contributed by atoms with Gasteiger partial charge in [-0.15, -0.1) is 22.7 Å². The SMILES string of the molecule is Cc1nccc2c1c(-c1csc3ccccc13)cc1cc3c(cc12)sc1ccccc13. The molecule has 0 amide bonds. The minimum absolute atomic E-state index is 1.08. The van der Waals surface area contributed by atoms with Crippen molar-refractivity contribution in [1.29, 1.82) is 0 Å². The fraction of sp³-hybridized carbons (Fsp3) is 0.0357. The first-order chi connectivity index (χ1) is 15.3. The molecule has 0 atom stereocenters. The van der Waals surface area contributed by atoms with Crippen molar-refractivity contribution < 1.29 is 0 Å². The molecular formula is C28H17NS2. The maximum Gasteiger partial charge on any atom is 0.0457 e. The van der Waals surface area contributed by atoms with Gasteiger partial charge >= 0.3 is 0 Å². The third-order valence-corrected chi connectivity index (χ3v) is 8.42. The summed E-state index contributed by atoms with van der Waals surface area (Å²) in [5.74, 6) is 0. The first kappa shape index (κ1) is 17.4. The lowest BCUT2D eigenvalue weighted by Crippen LogP contribution is -1.89. The maximum atomic E-state index is 4.67. The number of thiophene rings is 2. The number of benzene rings is 4. The van der Waals surface area contributed by atoms with Gasteiger partial charge in [0, 0.05) is 53.1 Å². The minimum atomic E-state index is 1.08. The highest BCUT2D eigenvalue weighted by Crippen LogP contribution is 2.43. The molecule has 0 radical (unpaired) electrons. The lowest BCUT2D eigenvalue weighted by Gasteiger charge is -2.13. The smallest absolute Gasteiger partial charge is 0.0457 e. The second kappa shape index (κ2) is 6.36. The second-order valence-corrected chi connectivity index (χ2v) is 10.1. The Bertz CT molecular complexity index is 1800. The van der Waals surface area contributed by atoms with Crippen LogP contribution in [0.5, 0.6) is 0 Å². The van der Waals surface area contributed by atoms with Gasteiger partial charge in [-0.1, -0.05) is 36.4 Å². The Balaban J connectivity index is 1.68. The van der Waals surface area contributed by atoms with Crippen molar-refractivity contribution in [3.05, 3.63) is 90.1 Å². The Hall–Kier alpha value is -3.27. The number of fused-ring (bicyclic) bond motifs is 7. The highest BCUT2D eigenvalue weighted by molar-refractivity contribution is 7.25. The minimum Gasteiger partial charge on any atom is -0.261 e. The van der Waals surface area contributed by atoms with Crippen LogP contribution >= 0.6 is 22.7 Å². The van der Waals surface area contributed by atoms with Crippen LogP contribution in [0.3, 0.4) is 0 Å². The van der Waals surface area contributed by atoms with Crippen molar-refractivity contribution in [2.24, 2.45) is 0 Å². The molecule has 3 heteroatoms. The van der Waals surface area contributed by atoms with Crippen LogP contribution in [0.1, 0.15) is 5.69 Å². The summed E-state index contributed by atoms with van der Waals surface area (Å²) < 4.78 is 4.02. The summed E-state index contributed by atoms with van der Waals surface area (Å²) in [4.78, 5) is 4.67. The molecule has 3 heterocycles. The predicted molar refractivity (Wildman–Crippen MR) is 138 cm³/mol. The van der Waals surface area contributed by atoms with Crippen LogP contribution in [0.2, 0.25) is 0 Å². The van der Waals surface area contributed by atoms with Gasteiger partial charge in [0.1, 0.15) is 0 Å². The molecule has 0 unspecified atom stereocenters. The van der Waals surface area contributed by atoms with Gasteiger partial charge in [-0.25, -0.2) is 0 Å². The molecule has 0 N–H and O–H groups in total. The van der Waals surface area contributed by atoms with Crippen LogP contribution in [0.15, 0.2) is 84.4 Å². The van der Waals surface area contributed by atoms with E-state index in [-0.39, 0.29) is 0 Å². The molecule has 7 aromatic rings. The van der Waals surface area contributed by atoms with Crippen molar-refractivity contribution in [3.8, 4) is 11.1 Å². The quantitative estimate of drug-likeness (QED) is 0.236. The Morgan fingerprint density at radius 3 is 2.35 bits per heavy atom. The van der Waals surface area contributed by atoms with E-state index in [0.717, 1.165) is 5.69 Å². The molecule has 0 saturated carbocycles. The molecule has 0 aliphatic rings. The fourth-order valence-corrected chi connectivity index (χ4v) is 6.99. The molecule has 0 fully saturated rings. The van der Waals surface area contributed by atoms with Crippen LogP contribution in [0.25, 0.3) is 62.9 Å².